The van der Waals surface area contributed by atoms with E-state index in [4.69, 9.17) is 9.47 Å². The minimum Gasteiger partial charge on any atom is -0.497 e. The smallest absolute Gasteiger partial charge is 0.271 e. The van der Waals surface area contributed by atoms with E-state index in [1.807, 2.05) is 6.07 Å². The Morgan fingerprint density at radius 2 is 1.81 bits per heavy atom. The summed E-state index contributed by atoms with van der Waals surface area (Å²) < 4.78 is 24.9. The average molecular weight is 364 g/mol. The lowest BCUT2D eigenvalue weighted by Gasteiger charge is -2.46. The molecule has 1 fully saturated rings. The molecule has 2 atom stereocenters. The van der Waals surface area contributed by atoms with Crippen molar-refractivity contribution in [2.24, 2.45) is 0 Å². The normalized spacial score (nSPS) is 18.7. The van der Waals surface area contributed by atoms with Gasteiger partial charge in [0.2, 0.25) is 6.10 Å². The first-order chi connectivity index (χ1) is 13.2. The summed E-state index contributed by atoms with van der Waals surface area (Å²) in [5.41, 5.74) is 1.53. The number of rotatable bonds is 5. The van der Waals surface area contributed by atoms with E-state index in [1.165, 1.54) is 12.1 Å². The molecule has 3 aromatic rings. The third-order valence-electron chi connectivity index (χ3n) is 4.51. The highest BCUT2D eigenvalue weighted by Crippen LogP contribution is 2.41. The lowest BCUT2D eigenvalue weighted by molar-refractivity contribution is -0.135. The fourth-order valence-corrected chi connectivity index (χ4v) is 3.16. The zero-order valence-corrected chi connectivity index (χ0v) is 14.6. The van der Waals surface area contributed by atoms with Gasteiger partial charge >= 0.3 is 0 Å². The minimum atomic E-state index is -0.826. The topological polar surface area (TPSA) is 51.7 Å². The van der Waals surface area contributed by atoms with Gasteiger partial charge in [0.15, 0.2) is 11.6 Å². The number of carbonyl (C=O) groups excluding carboxylic acids is 1. The Kier molecular flexibility index (Phi) is 4.46. The number of hydrogen-bond donors (Lipinski definition) is 0. The first-order valence-corrected chi connectivity index (χ1v) is 8.47. The van der Waals surface area contributed by atoms with Gasteiger partial charge in [-0.25, -0.2) is 4.39 Å². The van der Waals surface area contributed by atoms with Crippen molar-refractivity contribution < 1.29 is 18.7 Å². The predicted octanol–water partition coefficient (Wildman–Crippen LogP) is 3.76. The van der Waals surface area contributed by atoms with Gasteiger partial charge in [-0.05, 0) is 48.0 Å². The molecule has 2 heterocycles. The van der Waals surface area contributed by atoms with Crippen LogP contribution in [0.3, 0.4) is 0 Å². The standard InChI is InChI=1S/C21H17FN2O3/c1-26-16-10-8-15(9-11-16)24-19(14-5-4-12-23-13-14)20(21(24)25)27-18-7-3-2-6-17(18)22/h2-13,19-20H,1H3/t19-,20-/m1/s1. The van der Waals surface area contributed by atoms with Crippen LogP contribution in [0.1, 0.15) is 11.6 Å². The van der Waals surface area contributed by atoms with Crippen molar-refractivity contribution in [3.63, 3.8) is 0 Å². The quantitative estimate of drug-likeness (QED) is 0.647. The summed E-state index contributed by atoms with van der Waals surface area (Å²) >= 11 is 0. The van der Waals surface area contributed by atoms with Crippen LogP contribution in [0, 0.1) is 5.82 Å². The van der Waals surface area contributed by atoms with E-state index in [1.54, 1.807) is 66.9 Å². The fourth-order valence-electron chi connectivity index (χ4n) is 3.16. The molecule has 0 spiro atoms. The van der Waals surface area contributed by atoms with Crippen molar-refractivity contribution in [3.05, 3.63) is 84.4 Å². The molecule has 1 aromatic heterocycles. The molecule has 136 valence electrons. The van der Waals surface area contributed by atoms with E-state index in [9.17, 15) is 9.18 Å². The lowest BCUT2D eigenvalue weighted by Crippen LogP contribution is -2.61. The molecule has 4 rings (SSSR count). The van der Waals surface area contributed by atoms with Crippen molar-refractivity contribution in [1.29, 1.82) is 0 Å². The van der Waals surface area contributed by atoms with E-state index >= 15 is 0 Å². The van der Waals surface area contributed by atoms with Crippen LogP contribution in [0.4, 0.5) is 10.1 Å². The number of ether oxygens (including phenoxy) is 2. The summed E-state index contributed by atoms with van der Waals surface area (Å²) in [5.74, 6) is 0.0123. The average Bonchev–Trinajstić information content (AvgIpc) is 2.72. The van der Waals surface area contributed by atoms with E-state index < -0.39 is 18.0 Å². The van der Waals surface area contributed by atoms with E-state index in [0.29, 0.717) is 11.4 Å². The van der Waals surface area contributed by atoms with Gasteiger partial charge in [-0.15, -0.1) is 0 Å². The molecule has 0 N–H and O–H groups in total. The second kappa shape index (κ2) is 7.07. The molecule has 0 radical (unpaired) electrons. The van der Waals surface area contributed by atoms with E-state index in [2.05, 4.69) is 4.98 Å². The Labute approximate surface area is 156 Å². The van der Waals surface area contributed by atoms with Crippen LogP contribution in [0.15, 0.2) is 73.1 Å². The second-order valence-electron chi connectivity index (χ2n) is 6.11. The Hall–Kier alpha value is -3.41. The number of carbonyl (C=O) groups is 1. The summed E-state index contributed by atoms with van der Waals surface area (Å²) in [5, 5.41) is 0. The monoisotopic (exact) mass is 364 g/mol. The van der Waals surface area contributed by atoms with E-state index in [-0.39, 0.29) is 11.7 Å². The molecule has 27 heavy (non-hydrogen) atoms. The summed E-state index contributed by atoms with van der Waals surface area (Å²) in [6, 6.07) is 16.5. The maximum atomic E-state index is 14.0. The molecule has 0 aliphatic carbocycles. The summed E-state index contributed by atoms with van der Waals surface area (Å²) in [7, 11) is 1.58. The van der Waals surface area contributed by atoms with Crippen LogP contribution in [-0.2, 0) is 4.79 Å². The van der Waals surface area contributed by atoms with Crippen molar-refractivity contribution >= 4 is 11.6 Å². The fraction of sp³-hybridized carbons (Fsp3) is 0.143. The number of para-hydroxylation sites is 1. The van der Waals surface area contributed by atoms with Gasteiger partial charge in [0, 0.05) is 18.1 Å². The molecule has 6 heteroatoms. The van der Waals surface area contributed by atoms with Crippen LogP contribution < -0.4 is 14.4 Å². The summed E-state index contributed by atoms with van der Waals surface area (Å²) in [6.07, 6.45) is 2.52. The third-order valence-corrected chi connectivity index (χ3v) is 4.51. The molecular weight excluding hydrogens is 347 g/mol. The van der Waals surface area contributed by atoms with Gasteiger partial charge < -0.3 is 9.47 Å². The number of halogens is 1. The number of aromatic nitrogens is 1. The molecule has 1 saturated heterocycles. The summed E-state index contributed by atoms with van der Waals surface area (Å²) in [4.78, 5) is 18.6. The van der Waals surface area contributed by atoms with Crippen LogP contribution in [-0.4, -0.2) is 24.1 Å². The number of nitrogens with zero attached hydrogens (tertiary/aromatic N) is 2. The third kappa shape index (κ3) is 3.10. The van der Waals surface area contributed by atoms with Crippen molar-refractivity contribution in [1.82, 2.24) is 4.98 Å². The zero-order chi connectivity index (χ0) is 18.8. The van der Waals surface area contributed by atoms with Gasteiger partial charge in [-0.2, -0.15) is 0 Å². The highest BCUT2D eigenvalue weighted by atomic mass is 19.1. The first-order valence-electron chi connectivity index (χ1n) is 8.47. The van der Waals surface area contributed by atoms with Gasteiger partial charge in [-0.3, -0.25) is 14.7 Å². The molecule has 1 aliphatic heterocycles. The van der Waals surface area contributed by atoms with Crippen LogP contribution in [0.5, 0.6) is 11.5 Å². The maximum Gasteiger partial charge on any atom is 0.271 e. The van der Waals surface area contributed by atoms with Gasteiger partial charge in [0.25, 0.3) is 5.91 Å². The molecular formula is C21H17FN2O3. The largest absolute Gasteiger partial charge is 0.497 e. The van der Waals surface area contributed by atoms with Crippen LogP contribution in [0.25, 0.3) is 0 Å². The van der Waals surface area contributed by atoms with Gasteiger partial charge in [-0.1, -0.05) is 18.2 Å². The van der Waals surface area contributed by atoms with Gasteiger partial charge in [0.1, 0.15) is 11.8 Å². The maximum absolute atomic E-state index is 14.0. The molecule has 5 nitrogen and oxygen atoms in total. The Morgan fingerprint density at radius 3 is 2.48 bits per heavy atom. The number of anilines is 1. The molecule has 1 amide bonds. The summed E-state index contributed by atoms with van der Waals surface area (Å²) in [6.45, 7) is 0. The van der Waals surface area contributed by atoms with Gasteiger partial charge in [0.05, 0.1) is 7.11 Å². The van der Waals surface area contributed by atoms with Crippen molar-refractivity contribution in [2.75, 3.05) is 12.0 Å². The number of benzene rings is 2. The Morgan fingerprint density at radius 1 is 1.04 bits per heavy atom. The predicted molar refractivity (Wildman–Crippen MR) is 98.3 cm³/mol. The number of pyridine rings is 1. The first kappa shape index (κ1) is 17.0. The van der Waals surface area contributed by atoms with Crippen molar-refractivity contribution in [3.8, 4) is 11.5 Å². The number of methoxy groups -OCH3 is 1. The second-order valence-corrected chi connectivity index (χ2v) is 6.11. The number of β-lactam (4-membered cyclic amide) rings is 1. The van der Waals surface area contributed by atoms with Crippen LogP contribution in [0.2, 0.25) is 0 Å². The highest BCUT2D eigenvalue weighted by Gasteiger charge is 2.51. The Balaban J connectivity index is 1.67. The Bertz CT molecular complexity index is 947. The minimum absolute atomic E-state index is 0.0547. The number of amides is 1. The highest BCUT2D eigenvalue weighted by molar-refractivity contribution is 6.05. The van der Waals surface area contributed by atoms with E-state index in [0.717, 1.165) is 5.56 Å². The zero-order valence-electron chi connectivity index (χ0n) is 14.6. The van der Waals surface area contributed by atoms with Crippen LogP contribution >= 0.6 is 0 Å². The molecule has 0 saturated carbocycles. The lowest BCUT2D eigenvalue weighted by atomic mass is 9.90. The molecule has 2 aromatic carbocycles. The molecule has 0 bridgehead atoms. The van der Waals surface area contributed by atoms with Crippen molar-refractivity contribution in [2.45, 2.75) is 12.1 Å². The number of hydrogen-bond acceptors (Lipinski definition) is 4. The molecule has 1 aliphatic rings. The molecule has 0 unspecified atom stereocenters. The SMILES string of the molecule is COc1ccc(N2C(=O)[C@H](Oc3ccccc3F)[C@H]2c2cccnc2)cc1.